The van der Waals surface area contributed by atoms with Crippen LogP contribution in [0.2, 0.25) is 20.1 Å². The second kappa shape index (κ2) is 13.0. The Balaban J connectivity index is 2.11. The lowest BCUT2D eigenvalue weighted by Crippen LogP contribution is -2.51. The molecule has 0 aliphatic carbocycles. The average Bonchev–Trinajstić information content (AvgIpc) is 2.90. The minimum absolute atomic E-state index is 0.0297. The van der Waals surface area contributed by atoms with Crippen molar-refractivity contribution in [3.8, 4) is 0 Å². The predicted octanol–water partition coefficient (Wildman–Crippen LogP) is 6.05. The van der Waals surface area contributed by atoms with Gasteiger partial charge in [0.15, 0.2) is 0 Å². The Morgan fingerprint density at radius 3 is 2.05 bits per heavy atom. The third-order valence-electron chi connectivity index (χ3n) is 5.82. The maximum Gasteiger partial charge on any atom is 0.264 e. The van der Waals surface area contributed by atoms with Crippen LogP contribution in [0.1, 0.15) is 18.9 Å². The minimum atomic E-state index is -4.23. The van der Waals surface area contributed by atoms with Gasteiger partial charge in [0.2, 0.25) is 11.8 Å². The fourth-order valence-electron chi connectivity index (χ4n) is 3.83. The van der Waals surface area contributed by atoms with Crippen LogP contribution in [0.5, 0.6) is 0 Å². The molecule has 0 fully saturated rings. The highest BCUT2D eigenvalue weighted by atomic mass is 35.5. The molecule has 3 aromatic carbocycles. The number of nitrogens with zero attached hydrogens (tertiary/aromatic N) is 2. The van der Waals surface area contributed by atoms with Crippen LogP contribution in [0.3, 0.4) is 0 Å². The molecule has 3 aromatic rings. The van der Waals surface area contributed by atoms with Crippen molar-refractivity contribution >= 4 is 73.9 Å². The highest BCUT2D eigenvalue weighted by Gasteiger charge is 2.34. The maximum atomic E-state index is 13.9. The first kappa shape index (κ1) is 30.1. The lowest BCUT2D eigenvalue weighted by molar-refractivity contribution is -0.140. The number of carbonyl (C=O) groups excluding carboxylic acids is 2. The molecule has 1 atom stereocenters. The summed E-state index contributed by atoms with van der Waals surface area (Å²) in [5.41, 5.74) is 0.555. The largest absolute Gasteiger partial charge is 0.357 e. The van der Waals surface area contributed by atoms with Gasteiger partial charge in [0, 0.05) is 29.2 Å². The van der Waals surface area contributed by atoms with E-state index in [1.807, 2.05) is 0 Å². The number of nitrogens with one attached hydrogen (secondary N) is 1. The van der Waals surface area contributed by atoms with Gasteiger partial charge in [-0.25, -0.2) is 8.42 Å². The van der Waals surface area contributed by atoms with Gasteiger partial charge in [-0.05, 0) is 48.9 Å². The number of benzene rings is 3. The van der Waals surface area contributed by atoms with Gasteiger partial charge in [-0.1, -0.05) is 77.6 Å². The molecule has 0 unspecified atom stereocenters. The first-order valence-corrected chi connectivity index (χ1v) is 14.4. The van der Waals surface area contributed by atoms with Gasteiger partial charge in [0.1, 0.15) is 12.6 Å². The molecule has 1 N–H and O–H groups in total. The van der Waals surface area contributed by atoms with E-state index >= 15 is 0 Å². The van der Waals surface area contributed by atoms with Gasteiger partial charge >= 0.3 is 0 Å². The molecular formula is C26H25Cl4N3O4S. The normalized spacial score (nSPS) is 12.1. The van der Waals surface area contributed by atoms with E-state index < -0.39 is 34.4 Å². The molecule has 0 radical (unpaired) electrons. The molecule has 2 amide bonds. The van der Waals surface area contributed by atoms with Crippen LogP contribution in [-0.2, 0) is 26.2 Å². The Bertz CT molecular complexity index is 1400. The van der Waals surface area contributed by atoms with Gasteiger partial charge in [-0.2, -0.15) is 0 Å². The number of rotatable bonds is 10. The first-order chi connectivity index (χ1) is 18.0. The van der Waals surface area contributed by atoms with Crippen molar-refractivity contribution in [2.75, 3.05) is 17.9 Å². The fourth-order valence-corrected chi connectivity index (χ4v) is 6.06. The van der Waals surface area contributed by atoms with E-state index in [1.54, 1.807) is 43.3 Å². The van der Waals surface area contributed by atoms with Crippen molar-refractivity contribution in [2.24, 2.45) is 0 Å². The molecule has 38 heavy (non-hydrogen) atoms. The number of halogens is 4. The zero-order valence-electron chi connectivity index (χ0n) is 20.5. The second-order valence-electron chi connectivity index (χ2n) is 8.18. The highest BCUT2D eigenvalue weighted by Crippen LogP contribution is 2.32. The Morgan fingerprint density at radius 2 is 1.50 bits per heavy atom. The summed E-state index contributed by atoms with van der Waals surface area (Å²) in [6.07, 6.45) is 0.256. The van der Waals surface area contributed by atoms with Crippen molar-refractivity contribution < 1.29 is 18.0 Å². The van der Waals surface area contributed by atoms with Crippen molar-refractivity contribution in [2.45, 2.75) is 30.8 Å². The van der Waals surface area contributed by atoms with E-state index in [9.17, 15) is 18.0 Å². The number of hydrogen-bond donors (Lipinski definition) is 1. The summed E-state index contributed by atoms with van der Waals surface area (Å²) in [5, 5.41) is 3.50. The number of carbonyl (C=O) groups is 2. The van der Waals surface area contributed by atoms with E-state index in [-0.39, 0.29) is 33.6 Å². The summed E-state index contributed by atoms with van der Waals surface area (Å²) in [5.74, 6) is -1.07. The molecule has 7 nitrogen and oxygen atoms in total. The second-order valence-corrected chi connectivity index (χ2v) is 11.7. The maximum absolute atomic E-state index is 13.9. The van der Waals surface area contributed by atoms with E-state index in [0.717, 1.165) is 4.31 Å². The molecule has 0 bridgehead atoms. The molecule has 0 saturated carbocycles. The van der Waals surface area contributed by atoms with Gasteiger partial charge in [-0.3, -0.25) is 13.9 Å². The molecule has 0 heterocycles. The number of likely N-dealkylation sites (N-methyl/N-ethyl adjacent to an activating group) is 1. The summed E-state index contributed by atoms with van der Waals surface area (Å²) in [6.45, 7) is 0.987. The van der Waals surface area contributed by atoms with Crippen LogP contribution < -0.4 is 9.62 Å². The van der Waals surface area contributed by atoms with Gasteiger partial charge in [0.05, 0.1) is 20.6 Å². The Morgan fingerprint density at radius 1 is 0.868 bits per heavy atom. The molecule has 0 aliphatic heterocycles. The summed E-state index contributed by atoms with van der Waals surface area (Å²) < 4.78 is 28.4. The van der Waals surface area contributed by atoms with Crippen LogP contribution >= 0.6 is 46.4 Å². The molecule has 0 spiro atoms. The number of amides is 2. The number of hydrogen-bond acceptors (Lipinski definition) is 4. The lowest BCUT2D eigenvalue weighted by Gasteiger charge is -2.33. The van der Waals surface area contributed by atoms with E-state index in [2.05, 4.69) is 5.32 Å². The molecule has 0 saturated heterocycles. The molecule has 3 rings (SSSR count). The predicted molar refractivity (Wildman–Crippen MR) is 153 cm³/mol. The molecule has 12 heteroatoms. The SMILES string of the molecule is CC[C@H](C(=O)NC)N(Cc1c(Cl)cccc1Cl)C(=O)CN(c1ccc(Cl)c(Cl)c1)S(=O)(=O)c1ccccc1. The van der Waals surface area contributed by atoms with Crippen LogP contribution in [0, 0.1) is 0 Å². The molecule has 0 aromatic heterocycles. The Kier molecular flexibility index (Phi) is 10.3. The van der Waals surface area contributed by atoms with Crippen molar-refractivity contribution in [3.05, 3.63) is 92.4 Å². The van der Waals surface area contributed by atoms with E-state index in [4.69, 9.17) is 46.4 Å². The molecular weight excluding hydrogens is 592 g/mol. The van der Waals surface area contributed by atoms with Crippen LogP contribution in [-0.4, -0.2) is 44.8 Å². The minimum Gasteiger partial charge on any atom is -0.357 e. The lowest BCUT2D eigenvalue weighted by atomic mass is 10.1. The van der Waals surface area contributed by atoms with Gasteiger partial charge in [-0.15, -0.1) is 0 Å². The zero-order valence-corrected chi connectivity index (χ0v) is 24.3. The van der Waals surface area contributed by atoms with Gasteiger partial charge < -0.3 is 10.2 Å². The fraction of sp³-hybridized carbons (Fsp3) is 0.231. The van der Waals surface area contributed by atoms with Crippen molar-refractivity contribution in [3.63, 3.8) is 0 Å². The third kappa shape index (κ3) is 6.74. The topological polar surface area (TPSA) is 86.8 Å². The molecule has 0 aliphatic rings. The van der Waals surface area contributed by atoms with Gasteiger partial charge in [0.25, 0.3) is 10.0 Å². The van der Waals surface area contributed by atoms with Crippen LogP contribution in [0.4, 0.5) is 5.69 Å². The monoisotopic (exact) mass is 615 g/mol. The smallest absolute Gasteiger partial charge is 0.264 e. The van der Waals surface area contributed by atoms with Crippen molar-refractivity contribution in [1.29, 1.82) is 0 Å². The first-order valence-electron chi connectivity index (χ1n) is 11.5. The van der Waals surface area contributed by atoms with Crippen LogP contribution in [0.25, 0.3) is 0 Å². The zero-order chi connectivity index (χ0) is 28.0. The third-order valence-corrected chi connectivity index (χ3v) is 9.06. The standard InChI is InChI=1S/C26H25Cl4N3O4S/c1-3-24(26(35)31-2)32(15-19-20(27)10-7-11-21(19)28)25(34)16-33(17-12-13-22(29)23(30)14-17)38(36,37)18-8-5-4-6-9-18/h4-14,24H,3,15-16H2,1-2H3,(H,31,35)/t24-/m1/s1. The summed E-state index contributed by atoms with van der Waals surface area (Å²) in [7, 11) is -2.77. The number of anilines is 1. The quantitative estimate of drug-likeness (QED) is 0.300. The summed E-state index contributed by atoms with van der Waals surface area (Å²) >= 11 is 25.0. The van der Waals surface area contributed by atoms with E-state index in [0.29, 0.717) is 15.6 Å². The Labute approximate surface area is 242 Å². The Hall–Kier alpha value is -2.49. The summed E-state index contributed by atoms with van der Waals surface area (Å²) in [6, 6.07) is 15.9. The number of sulfonamides is 1. The average molecular weight is 617 g/mol. The summed E-state index contributed by atoms with van der Waals surface area (Å²) in [4.78, 5) is 27.9. The highest BCUT2D eigenvalue weighted by molar-refractivity contribution is 7.92. The van der Waals surface area contributed by atoms with E-state index in [1.165, 1.54) is 42.3 Å². The van der Waals surface area contributed by atoms with Crippen molar-refractivity contribution in [1.82, 2.24) is 10.2 Å². The molecule has 202 valence electrons. The van der Waals surface area contributed by atoms with Crippen LogP contribution in [0.15, 0.2) is 71.6 Å².